The first-order valence-electron chi connectivity index (χ1n) is 5.61. The maximum Gasteiger partial charge on any atom is 0.317 e. The number of carboxylic acid groups (broad SMARTS) is 1. The van der Waals surface area contributed by atoms with Gasteiger partial charge in [-0.25, -0.2) is 4.79 Å². The van der Waals surface area contributed by atoms with Crippen LogP contribution in [-0.4, -0.2) is 45.2 Å². The van der Waals surface area contributed by atoms with Crippen molar-refractivity contribution in [2.75, 3.05) is 13.1 Å². The van der Waals surface area contributed by atoms with E-state index in [1.807, 2.05) is 0 Å². The van der Waals surface area contributed by atoms with E-state index >= 15 is 0 Å². The molecule has 2 heterocycles. The summed E-state index contributed by atoms with van der Waals surface area (Å²) in [5, 5.41) is 15.1. The van der Waals surface area contributed by atoms with Crippen LogP contribution in [0.4, 0.5) is 4.79 Å². The Morgan fingerprint density at radius 2 is 2.39 bits per heavy atom. The molecule has 98 valence electrons. The SMILES string of the molecule is Cc1nc(CNC(=O)N2CCC(C(=O)O)C2)no1. The van der Waals surface area contributed by atoms with E-state index in [4.69, 9.17) is 9.63 Å². The zero-order chi connectivity index (χ0) is 13.1. The van der Waals surface area contributed by atoms with E-state index in [2.05, 4.69) is 15.5 Å². The Morgan fingerprint density at radius 3 is 2.94 bits per heavy atom. The number of aryl methyl sites for hydroxylation is 1. The average Bonchev–Trinajstić information content (AvgIpc) is 2.94. The van der Waals surface area contributed by atoms with Crippen molar-refractivity contribution in [2.45, 2.75) is 19.9 Å². The van der Waals surface area contributed by atoms with Crippen molar-refractivity contribution in [3.05, 3.63) is 11.7 Å². The molecule has 8 nitrogen and oxygen atoms in total. The van der Waals surface area contributed by atoms with E-state index in [0.29, 0.717) is 24.7 Å². The molecule has 1 saturated heterocycles. The van der Waals surface area contributed by atoms with Gasteiger partial charge in [0, 0.05) is 20.0 Å². The number of hydrogen-bond acceptors (Lipinski definition) is 5. The second kappa shape index (κ2) is 5.03. The molecule has 1 atom stereocenters. The van der Waals surface area contributed by atoms with E-state index in [1.165, 1.54) is 4.90 Å². The molecule has 18 heavy (non-hydrogen) atoms. The van der Waals surface area contributed by atoms with Crippen LogP contribution in [0.2, 0.25) is 0 Å². The third-order valence-electron chi connectivity index (χ3n) is 2.79. The van der Waals surface area contributed by atoms with Crippen molar-refractivity contribution in [1.29, 1.82) is 0 Å². The summed E-state index contributed by atoms with van der Waals surface area (Å²) in [5.41, 5.74) is 0. The molecule has 8 heteroatoms. The molecule has 0 radical (unpaired) electrons. The molecule has 0 bridgehead atoms. The lowest BCUT2D eigenvalue weighted by molar-refractivity contribution is -0.141. The summed E-state index contributed by atoms with van der Waals surface area (Å²) in [7, 11) is 0. The molecular weight excluding hydrogens is 240 g/mol. The summed E-state index contributed by atoms with van der Waals surface area (Å²) in [6.07, 6.45) is 0.490. The average molecular weight is 254 g/mol. The number of aliphatic carboxylic acids is 1. The van der Waals surface area contributed by atoms with E-state index in [1.54, 1.807) is 6.92 Å². The summed E-state index contributed by atoms with van der Waals surface area (Å²) in [4.78, 5) is 27.9. The molecule has 2 N–H and O–H groups in total. The van der Waals surface area contributed by atoms with Gasteiger partial charge in [0.2, 0.25) is 5.89 Å². The predicted molar refractivity (Wildman–Crippen MR) is 58.6 cm³/mol. The van der Waals surface area contributed by atoms with E-state index in [9.17, 15) is 9.59 Å². The normalized spacial score (nSPS) is 18.9. The Hall–Kier alpha value is -2.12. The second-order valence-corrected chi connectivity index (χ2v) is 4.16. The van der Waals surface area contributed by atoms with Crippen LogP contribution in [-0.2, 0) is 11.3 Å². The molecule has 2 amide bonds. The maximum absolute atomic E-state index is 11.7. The molecule has 1 aliphatic heterocycles. The molecule has 0 aliphatic carbocycles. The van der Waals surface area contributed by atoms with Crippen molar-refractivity contribution in [3.63, 3.8) is 0 Å². The Bertz CT molecular complexity index is 458. The minimum Gasteiger partial charge on any atom is -0.481 e. The fourth-order valence-corrected chi connectivity index (χ4v) is 1.83. The zero-order valence-electron chi connectivity index (χ0n) is 9.92. The molecule has 0 spiro atoms. The quantitative estimate of drug-likeness (QED) is 0.785. The van der Waals surface area contributed by atoms with Crippen LogP contribution in [0.15, 0.2) is 4.52 Å². The van der Waals surface area contributed by atoms with Crippen LogP contribution in [0.3, 0.4) is 0 Å². The van der Waals surface area contributed by atoms with Crippen molar-refractivity contribution in [1.82, 2.24) is 20.4 Å². The number of likely N-dealkylation sites (tertiary alicyclic amines) is 1. The van der Waals surface area contributed by atoms with Gasteiger partial charge in [0.05, 0.1) is 12.5 Å². The summed E-state index contributed by atoms with van der Waals surface area (Å²) in [6, 6.07) is -0.304. The first kappa shape index (κ1) is 12.3. The topological polar surface area (TPSA) is 109 Å². The highest BCUT2D eigenvalue weighted by molar-refractivity contribution is 5.77. The van der Waals surface area contributed by atoms with Crippen molar-refractivity contribution in [3.8, 4) is 0 Å². The van der Waals surface area contributed by atoms with Gasteiger partial charge in [-0.15, -0.1) is 0 Å². The number of hydrogen-bond donors (Lipinski definition) is 2. The number of nitrogens with one attached hydrogen (secondary N) is 1. The number of carbonyl (C=O) groups is 2. The number of rotatable bonds is 3. The Kier molecular flexibility index (Phi) is 3.45. The van der Waals surface area contributed by atoms with Gasteiger partial charge in [-0.2, -0.15) is 4.98 Å². The van der Waals surface area contributed by atoms with Gasteiger partial charge in [-0.3, -0.25) is 4.79 Å². The summed E-state index contributed by atoms with van der Waals surface area (Å²) >= 11 is 0. The van der Waals surface area contributed by atoms with Gasteiger partial charge in [-0.1, -0.05) is 5.16 Å². The molecule has 1 aromatic rings. The maximum atomic E-state index is 11.7. The van der Waals surface area contributed by atoms with Crippen LogP contribution < -0.4 is 5.32 Å². The van der Waals surface area contributed by atoms with Crippen LogP contribution >= 0.6 is 0 Å². The van der Waals surface area contributed by atoms with Crippen LogP contribution in [0, 0.1) is 12.8 Å². The fraction of sp³-hybridized carbons (Fsp3) is 0.600. The molecule has 1 fully saturated rings. The predicted octanol–water partition coefficient (Wildman–Crippen LogP) is -0.00588. The number of carbonyl (C=O) groups excluding carboxylic acids is 1. The van der Waals surface area contributed by atoms with E-state index in [-0.39, 0.29) is 19.1 Å². The zero-order valence-corrected chi connectivity index (χ0v) is 9.92. The summed E-state index contributed by atoms with van der Waals surface area (Å²) in [6.45, 7) is 2.53. The van der Waals surface area contributed by atoms with E-state index in [0.717, 1.165) is 0 Å². The fourth-order valence-electron chi connectivity index (χ4n) is 1.83. The molecule has 1 aromatic heterocycles. The number of carboxylic acids is 1. The highest BCUT2D eigenvalue weighted by Gasteiger charge is 2.30. The van der Waals surface area contributed by atoms with Gasteiger partial charge in [0.25, 0.3) is 0 Å². The molecule has 2 rings (SSSR count). The number of nitrogens with zero attached hydrogens (tertiary/aromatic N) is 3. The van der Waals surface area contributed by atoms with Gasteiger partial charge in [0.15, 0.2) is 5.82 Å². The Labute approximate surface area is 103 Å². The monoisotopic (exact) mass is 254 g/mol. The summed E-state index contributed by atoms with van der Waals surface area (Å²) in [5.74, 6) is -0.497. The highest BCUT2D eigenvalue weighted by Crippen LogP contribution is 2.16. The number of aromatic nitrogens is 2. The highest BCUT2D eigenvalue weighted by atomic mass is 16.5. The van der Waals surface area contributed by atoms with Crippen molar-refractivity contribution < 1.29 is 19.2 Å². The third kappa shape index (κ3) is 2.76. The first-order valence-corrected chi connectivity index (χ1v) is 5.61. The minimum atomic E-state index is -0.862. The van der Waals surface area contributed by atoms with Gasteiger partial charge >= 0.3 is 12.0 Å². The lowest BCUT2D eigenvalue weighted by Crippen LogP contribution is -2.38. The molecular formula is C10H14N4O4. The molecule has 0 aromatic carbocycles. The lowest BCUT2D eigenvalue weighted by Gasteiger charge is -2.15. The van der Waals surface area contributed by atoms with Crippen molar-refractivity contribution in [2.24, 2.45) is 5.92 Å². The van der Waals surface area contributed by atoms with Crippen LogP contribution in [0.25, 0.3) is 0 Å². The second-order valence-electron chi connectivity index (χ2n) is 4.16. The Morgan fingerprint density at radius 1 is 1.61 bits per heavy atom. The number of urea groups is 1. The third-order valence-corrected chi connectivity index (χ3v) is 2.79. The lowest BCUT2D eigenvalue weighted by atomic mass is 10.1. The summed E-state index contributed by atoms with van der Waals surface area (Å²) < 4.78 is 4.77. The van der Waals surface area contributed by atoms with E-state index < -0.39 is 11.9 Å². The van der Waals surface area contributed by atoms with Gasteiger partial charge in [-0.05, 0) is 6.42 Å². The van der Waals surface area contributed by atoms with Gasteiger partial charge in [0.1, 0.15) is 0 Å². The van der Waals surface area contributed by atoms with Crippen molar-refractivity contribution >= 4 is 12.0 Å². The first-order chi connectivity index (χ1) is 8.56. The minimum absolute atomic E-state index is 0.171. The van der Waals surface area contributed by atoms with Gasteiger partial charge < -0.3 is 19.8 Å². The number of amides is 2. The molecule has 1 aliphatic rings. The molecule has 1 unspecified atom stereocenters. The largest absolute Gasteiger partial charge is 0.481 e. The standard InChI is InChI=1S/C10H14N4O4/c1-6-12-8(13-18-6)4-11-10(17)14-3-2-7(5-14)9(15)16/h7H,2-5H2,1H3,(H,11,17)(H,15,16). The Balaban J connectivity index is 1.80. The van der Waals surface area contributed by atoms with Crippen LogP contribution in [0.1, 0.15) is 18.1 Å². The van der Waals surface area contributed by atoms with Crippen LogP contribution in [0.5, 0.6) is 0 Å². The molecule has 0 saturated carbocycles. The smallest absolute Gasteiger partial charge is 0.317 e.